The topological polar surface area (TPSA) is 277 Å². The SMILES string of the molecule is Cc1ncsc1-c1ccc(CNC(=O)[C@@H]2C[C@@H](O)CN2C(=O)[C@@H](NC(=O)COCCOCCOCCOCCOCCOCCOCCOc2cc(N3C4CCC3CN(c3cc(-c5ccccc5O)nnc3N)C4)ccn2)C(C)(C)C)cc1. The molecule has 2 unspecified atom stereocenters. The van der Waals surface area contributed by atoms with Crippen LogP contribution in [0.1, 0.15) is 51.3 Å². The number of fused-ring (bicyclic) bond motifs is 2. The smallest absolute Gasteiger partial charge is 0.246 e. The maximum atomic E-state index is 13.9. The molecule has 3 amide bonds. The van der Waals surface area contributed by atoms with Gasteiger partial charge in [0.1, 0.15) is 31.0 Å². The van der Waals surface area contributed by atoms with Gasteiger partial charge in [0.05, 0.1) is 119 Å². The first-order valence-electron chi connectivity index (χ1n) is 28.4. The number of carbonyl (C=O) groups excluding carboxylic acids is 3. The lowest BCUT2D eigenvalue weighted by Gasteiger charge is -2.43. The van der Waals surface area contributed by atoms with E-state index in [0.29, 0.717) is 102 Å². The number of benzene rings is 2. The van der Waals surface area contributed by atoms with Crippen molar-refractivity contribution in [1.29, 1.82) is 0 Å². The summed E-state index contributed by atoms with van der Waals surface area (Å²) in [5.74, 6) is -0.247. The number of aryl methyl sites for hydroxylation is 1. The number of phenolic OH excluding ortho intramolecular Hbond substituents is 1. The summed E-state index contributed by atoms with van der Waals surface area (Å²) in [5, 5.41) is 35.2. The minimum atomic E-state index is -0.968. The van der Waals surface area contributed by atoms with Crippen LogP contribution < -0.4 is 30.9 Å². The number of aromatic nitrogens is 4. The minimum Gasteiger partial charge on any atom is -0.507 e. The van der Waals surface area contributed by atoms with Gasteiger partial charge in [0.2, 0.25) is 23.6 Å². The Morgan fingerprint density at radius 3 is 1.95 bits per heavy atom. The van der Waals surface area contributed by atoms with Gasteiger partial charge in [0.25, 0.3) is 0 Å². The Kier molecular flexibility index (Phi) is 23.6. The second-order valence-electron chi connectivity index (χ2n) is 21.6. The molecule has 450 valence electrons. The predicted molar refractivity (Wildman–Crippen MR) is 312 cm³/mol. The average molecular weight is 1170 g/mol. The molecule has 3 aromatic heterocycles. The van der Waals surface area contributed by atoms with Crippen molar-refractivity contribution in [2.45, 2.75) is 83.8 Å². The maximum Gasteiger partial charge on any atom is 0.246 e. The van der Waals surface area contributed by atoms with Gasteiger partial charge in [-0.2, -0.15) is 0 Å². The van der Waals surface area contributed by atoms with E-state index in [-0.39, 0.29) is 63.1 Å². The number of aromatic hydroxyl groups is 1. The number of hydrogen-bond acceptors (Lipinski definition) is 21. The van der Waals surface area contributed by atoms with Crippen LogP contribution in [-0.2, 0) is 54.1 Å². The van der Waals surface area contributed by atoms with E-state index in [4.69, 9.17) is 43.6 Å². The summed E-state index contributed by atoms with van der Waals surface area (Å²) in [6.07, 6.45) is 3.10. The number of ether oxygens (including phenoxy) is 8. The van der Waals surface area contributed by atoms with E-state index in [2.05, 4.69) is 40.6 Å². The Bertz CT molecular complexity index is 2830. The molecule has 83 heavy (non-hydrogen) atoms. The Labute approximate surface area is 489 Å². The van der Waals surface area contributed by atoms with Gasteiger partial charge in [-0.25, -0.2) is 9.97 Å². The number of thiazole rings is 1. The fraction of sp³-hybridized carbons (Fsp3) is 0.542. The number of nitrogens with two attached hydrogens (primary N) is 1. The van der Waals surface area contributed by atoms with Gasteiger partial charge >= 0.3 is 0 Å². The van der Waals surface area contributed by atoms with Crippen molar-refractivity contribution in [3.05, 3.63) is 89.7 Å². The molecule has 0 saturated carbocycles. The average Bonchev–Trinajstić information content (AvgIpc) is 4.34. The molecule has 0 aliphatic carbocycles. The molecule has 0 radical (unpaired) electrons. The highest BCUT2D eigenvalue weighted by Crippen LogP contribution is 2.40. The van der Waals surface area contributed by atoms with E-state index in [1.165, 1.54) is 4.90 Å². The summed E-state index contributed by atoms with van der Waals surface area (Å²) >= 11 is 1.57. The van der Waals surface area contributed by atoms with Crippen LogP contribution in [0.4, 0.5) is 17.2 Å². The number of aliphatic hydroxyl groups is 1. The monoisotopic (exact) mass is 1170 g/mol. The number of carbonyl (C=O) groups is 3. The molecule has 3 fully saturated rings. The Morgan fingerprint density at radius 1 is 0.759 bits per heavy atom. The molecule has 6 heterocycles. The fourth-order valence-corrected chi connectivity index (χ4v) is 11.1. The van der Waals surface area contributed by atoms with E-state index in [9.17, 15) is 24.6 Å². The van der Waals surface area contributed by atoms with Gasteiger partial charge < -0.3 is 79.2 Å². The van der Waals surface area contributed by atoms with Gasteiger partial charge in [-0.1, -0.05) is 57.2 Å². The molecule has 2 bridgehead atoms. The summed E-state index contributed by atoms with van der Waals surface area (Å²) in [7, 11) is 0. The summed E-state index contributed by atoms with van der Waals surface area (Å²) in [4.78, 5) is 56.3. The lowest BCUT2D eigenvalue weighted by atomic mass is 9.85. The number of pyridine rings is 1. The third-order valence-corrected chi connectivity index (χ3v) is 15.5. The predicted octanol–water partition coefficient (Wildman–Crippen LogP) is 4.42. The van der Waals surface area contributed by atoms with Crippen molar-refractivity contribution in [3.63, 3.8) is 0 Å². The number of aliphatic hydroxyl groups excluding tert-OH is 1. The highest BCUT2D eigenvalue weighted by molar-refractivity contribution is 7.13. The summed E-state index contributed by atoms with van der Waals surface area (Å²) < 4.78 is 45.1. The Balaban J connectivity index is 0.589. The number of para-hydroxylation sites is 1. The molecule has 3 aliphatic rings. The number of phenols is 1. The number of β-amino-alcohol motifs (C(OH)–C–C–N with tert-alkyl or cyclic N) is 1. The lowest BCUT2D eigenvalue weighted by molar-refractivity contribution is -0.144. The lowest BCUT2D eigenvalue weighted by Crippen LogP contribution is -2.58. The number of likely N-dealkylation sites (tertiary alicyclic amines) is 1. The van der Waals surface area contributed by atoms with Crippen LogP contribution in [0.2, 0.25) is 0 Å². The van der Waals surface area contributed by atoms with Crippen molar-refractivity contribution in [1.82, 2.24) is 35.7 Å². The molecule has 3 aliphatic heterocycles. The third-order valence-electron chi connectivity index (χ3n) is 14.5. The molecule has 5 aromatic rings. The van der Waals surface area contributed by atoms with Crippen molar-refractivity contribution < 1.29 is 62.5 Å². The van der Waals surface area contributed by atoms with Crippen LogP contribution in [-0.4, -0.2) is 202 Å². The standard InChI is InChI=1S/C59H80N10O13S/c1-40-54(83-39-63-40)42-11-9-41(10-12-42)34-62-57(73)50-32-46(70)37-68(50)58(74)55(59(2,3)4)64-52(72)38-81-28-27-79-24-23-77-20-19-75-17-18-76-21-22-78-25-26-80-29-30-82-53-31-43(15-16-61-53)69-44-13-14-45(69)36-67(35-44)49-33-48(65-66-56(49)60)47-7-5-6-8-51(47)71/h5-12,15-16,31,33,39,44-46,50,55,70-71H,13-14,17-30,32,34-38H2,1-4H3,(H2,60,66)(H,62,73)(H,64,72)/t44?,45?,46-,50+,55-/m1/s1. The fourth-order valence-electron chi connectivity index (χ4n) is 10.3. The van der Waals surface area contributed by atoms with Crippen LogP contribution in [0.3, 0.4) is 0 Å². The molecule has 3 saturated heterocycles. The number of piperazine rings is 1. The number of hydrogen-bond donors (Lipinski definition) is 5. The first kappa shape index (κ1) is 62.4. The van der Waals surface area contributed by atoms with E-state index >= 15 is 0 Å². The summed E-state index contributed by atoms with van der Waals surface area (Å²) in [5.41, 5.74) is 13.4. The third kappa shape index (κ3) is 18.2. The molecule has 5 atom stereocenters. The molecule has 8 rings (SSSR count). The van der Waals surface area contributed by atoms with Crippen LogP contribution in [0.5, 0.6) is 11.6 Å². The number of anilines is 3. The van der Waals surface area contributed by atoms with Crippen LogP contribution >= 0.6 is 11.3 Å². The first-order valence-corrected chi connectivity index (χ1v) is 29.2. The Morgan fingerprint density at radius 2 is 1.36 bits per heavy atom. The highest BCUT2D eigenvalue weighted by Gasteiger charge is 2.45. The zero-order chi connectivity index (χ0) is 58.6. The van der Waals surface area contributed by atoms with Crippen molar-refractivity contribution >= 4 is 46.3 Å². The normalized spacial score (nSPS) is 18.2. The van der Waals surface area contributed by atoms with Crippen molar-refractivity contribution in [2.75, 3.05) is 134 Å². The number of nitrogens with one attached hydrogen (secondary N) is 2. The number of nitrogen functional groups attached to an aromatic ring is 1. The summed E-state index contributed by atoms with van der Waals surface area (Å²) in [6.45, 7) is 14.1. The molecule has 24 heteroatoms. The Hall–Kier alpha value is -6.61. The van der Waals surface area contributed by atoms with E-state index in [0.717, 1.165) is 59.0 Å². The van der Waals surface area contributed by atoms with Gasteiger partial charge in [-0.3, -0.25) is 14.4 Å². The van der Waals surface area contributed by atoms with Crippen molar-refractivity contribution in [3.8, 4) is 33.3 Å². The first-order chi connectivity index (χ1) is 40.2. The van der Waals surface area contributed by atoms with Gasteiger partial charge in [-0.15, -0.1) is 21.5 Å². The zero-order valence-electron chi connectivity index (χ0n) is 47.9. The quantitative estimate of drug-likeness (QED) is 0.0364. The minimum absolute atomic E-state index is 0.0194. The van der Waals surface area contributed by atoms with Gasteiger partial charge in [-0.05, 0) is 60.6 Å². The zero-order valence-corrected chi connectivity index (χ0v) is 48.8. The van der Waals surface area contributed by atoms with E-state index < -0.39 is 35.4 Å². The molecular formula is C59H80N10O13S. The molecule has 6 N–H and O–H groups in total. The largest absolute Gasteiger partial charge is 0.507 e. The van der Waals surface area contributed by atoms with Crippen LogP contribution in [0, 0.1) is 12.3 Å². The molecule has 23 nitrogen and oxygen atoms in total. The maximum absolute atomic E-state index is 13.9. The van der Waals surface area contributed by atoms with Crippen LogP contribution in [0.15, 0.2) is 78.4 Å². The van der Waals surface area contributed by atoms with Crippen LogP contribution in [0.25, 0.3) is 21.7 Å². The second-order valence-corrected chi connectivity index (χ2v) is 22.4. The van der Waals surface area contributed by atoms with Gasteiger partial charge in [0.15, 0.2) is 5.82 Å². The second kappa shape index (κ2) is 31.3. The number of nitrogens with zero attached hydrogens (tertiary/aromatic N) is 7. The van der Waals surface area contributed by atoms with E-state index in [1.807, 2.05) is 87.8 Å². The highest BCUT2D eigenvalue weighted by atomic mass is 32.1. The van der Waals surface area contributed by atoms with E-state index in [1.54, 1.807) is 29.7 Å². The van der Waals surface area contributed by atoms with Gasteiger partial charge in [0, 0.05) is 68.2 Å². The molecular weight excluding hydrogens is 1090 g/mol. The molecule has 0 spiro atoms. The summed E-state index contributed by atoms with van der Waals surface area (Å²) in [6, 6.07) is 19.6. The van der Waals surface area contributed by atoms with Crippen molar-refractivity contribution in [2.24, 2.45) is 5.41 Å². The molecule has 2 aromatic carbocycles. The number of amides is 3. The number of rotatable bonds is 33.